The molecule has 0 saturated carbocycles. The van der Waals surface area contributed by atoms with Crippen molar-refractivity contribution in [3.63, 3.8) is 0 Å². The highest BCUT2D eigenvalue weighted by Crippen LogP contribution is 2.36. The molecule has 5 nitrogen and oxygen atoms in total. The lowest BCUT2D eigenvalue weighted by Gasteiger charge is -2.37. The summed E-state index contributed by atoms with van der Waals surface area (Å²) in [6.07, 6.45) is -1.25. The van der Waals surface area contributed by atoms with Crippen molar-refractivity contribution in [2.45, 2.75) is 57.5 Å². The molecule has 0 N–H and O–H groups in total. The van der Waals surface area contributed by atoms with Crippen LogP contribution in [0.1, 0.15) is 25.0 Å². The Morgan fingerprint density at radius 1 is 0.852 bits per heavy atom. The SMILES string of the molecule is CC1(C)O[C@H]2[C@@H](OCc3ccccc3)[C@@H](OCc3ccccc3)OC[C@H]2O1. The molecule has 2 saturated heterocycles. The quantitative estimate of drug-likeness (QED) is 0.776. The van der Waals surface area contributed by atoms with E-state index in [1.54, 1.807) is 0 Å². The molecule has 0 aromatic heterocycles. The number of rotatable bonds is 6. The van der Waals surface area contributed by atoms with Gasteiger partial charge in [0, 0.05) is 0 Å². The predicted molar refractivity (Wildman–Crippen MR) is 99.8 cm³/mol. The van der Waals surface area contributed by atoms with Gasteiger partial charge in [-0.2, -0.15) is 0 Å². The van der Waals surface area contributed by atoms with E-state index < -0.39 is 12.1 Å². The number of hydrogen-bond donors (Lipinski definition) is 0. The van der Waals surface area contributed by atoms with Gasteiger partial charge in [0.1, 0.15) is 18.3 Å². The van der Waals surface area contributed by atoms with Crippen molar-refractivity contribution >= 4 is 0 Å². The minimum atomic E-state index is -0.651. The average molecular weight is 370 g/mol. The summed E-state index contributed by atoms with van der Waals surface area (Å²) >= 11 is 0. The lowest BCUT2D eigenvalue weighted by atomic mass is 10.1. The molecule has 5 heteroatoms. The Morgan fingerprint density at radius 2 is 1.44 bits per heavy atom. The van der Waals surface area contributed by atoms with E-state index in [1.807, 2.05) is 74.5 Å². The van der Waals surface area contributed by atoms with Crippen LogP contribution < -0.4 is 0 Å². The highest BCUT2D eigenvalue weighted by Gasteiger charge is 2.52. The van der Waals surface area contributed by atoms with Gasteiger partial charge in [-0.15, -0.1) is 0 Å². The minimum Gasteiger partial charge on any atom is -0.365 e. The zero-order valence-corrected chi connectivity index (χ0v) is 15.7. The fourth-order valence-corrected chi connectivity index (χ4v) is 3.55. The van der Waals surface area contributed by atoms with Crippen molar-refractivity contribution in [3.8, 4) is 0 Å². The molecule has 144 valence electrons. The molecule has 4 rings (SSSR count). The lowest BCUT2D eigenvalue weighted by molar-refractivity contribution is -0.270. The molecule has 0 unspecified atom stereocenters. The van der Waals surface area contributed by atoms with Gasteiger partial charge in [-0.3, -0.25) is 0 Å². The summed E-state index contributed by atoms with van der Waals surface area (Å²) in [7, 11) is 0. The Balaban J connectivity index is 1.46. The maximum atomic E-state index is 6.22. The number of benzene rings is 2. The van der Waals surface area contributed by atoms with Crippen LogP contribution in [0, 0.1) is 0 Å². The second-order valence-electron chi connectivity index (χ2n) is 7.40. The first-order valence-electron chi connectivity index (χ1n) is 9.39. The van der Waals surface area contributed by atoms with Crippen LogP contribution in [0.3, 0.4) is 0 Å². The third-order valence-electron chi connectivity index (χ3n) is 4.78. The van der Waals surface area contributed by atoms with Crippen LogP contribution in [-0.4, -0.2) is 37.0 Å². The highest BCUT2D eigenvalue weighted by atomic mass is 16.8. The molecule has 27 heavy (non-hydrogen) atoms. The van der Waals surface area contributed by atoms with Gasteiger partial charge in [-0.1, -0.05) is 60.7 Å². The maximum Gasteiger partial charge on any atom is 0.186 e. The van der Waals surface area contributed by atoms with E-state index in [4.69, 9.17) is 23.7 Å². The third kappa shape index (κ3) is 4.57. The monoisotopic (exact) mass is 370 g/mol. The van der Waals surface area contributed by atoms with Gasteiger partial charge in [0.25, 0.3) is 0 Å². The van der Waals surface area contributed by atoms with Crippen molar-refractivity contribution in [1.29, 1.82) is 0 Å². The van der Waals surface area contributed by atoms with Crippen LogP contribution in [0.25, 0.3) is 0 Å². The number of hydrogen-bond acceptors (Lipinski definition) is 5. The van der Waals surface area contributed by atoms with Gasteiger partial charge in [0.05, 0.1) is 19.8 Å². The van der Waals surface area contributed by atoms with E-state index in [-0.39, 0.29) is 18.3 Å². The van der Waals surface area contributed by atoms with Crippen molar-refractivity contribution in [2.24, 2.45) is 0 Å². The molecule has 0 aliphatic carbocycles. The number of ether oxygens (including phenoxy) is 5. The van der Waals surface area contributed by atoms with Crippen LogP contribution in [0.15, 0.2) is 60.7 Å². The Morgan fingerprint density at radius 3 is 2.07 bits per heavy atom. The first kappa shape index (κ1) is 18.6. The molecule has 0 bridgehead atoms. The Kier molecular flexibility index (Phi) is 5.57. The molecular formula is C22H26O5. The van der Waals surface area contributed by atoms with Crippen molar-refractivity contribution < 1.29 is 23.7 Å². The molecule has 4 atom stereocenters. The fraction of sp³-hybridized carbons (Fsp3) is 0.455. The summed E-state index contributed by atoms with van der Waals surface area (Å²) < 4.78 is 30.3. The van der Waals surface area contributed by atoms with E-state index >= 15 is 0 Å². The highest BCUT2D eigenvalue weighted by molar-refractivity contribution is 5.14. The Labute approximate surface area is 160 Å². The first-order chi connectivity index (χ1) is 13.1. The molecular weight excluding hydrogens is 344 g/mol. The molecule has 2 aliphatic heterocycles. The normalized spacial score (nSPS) is 29.4. The molecule has 0 radical (unpaired) electrons. The molecule has 0 spiro atoms. The van der Waals surface area contributed by atoms with E-state index in [9.17, 15) is 0 Å². The van der Waals surface area contributed by atoms with Crippen LogP contribution in [0.4, 0.5) is 0 Å². The van der Waals surface area contributed by atoms with Gasteiger partial charge in [0.2, 0.25) is 0 Å². The van der Waals surface area contributed by atoms with Gasteiger partial charge in [-0.05, 0) is 25.0 Å². The van der Waals surface area contributed by atoms with Crippen LogP contribution in [-0.2, 0) is 36.9 Å². The molecule has 2 aromatic rings. The predicted octanol–water partition coefficient (Wildman–Crippen LogP) is 3.67. The van der Waals surface area contributed by atoms with E-state index in [2.05, 4.69) is 0 Å². The molecule has 2 aliphatic rings. The zero-order chi connectivity index (χ0) is 18.7. The first-order valence-corrected chi connectivity index (χ1v) is 9.39. The summed E-state index contributed by atoms with van der Waals surface area (Å²) in [5.41, 5.74) is 2.19. The van der Waals surface area contributed by atoms with E-state index in [0.717, 1.165) is 11.1 Å². The zero-order valence-electron chi connectivity index (χ0n) is 15.7. The molecule has 2 heterocycles. The van der Waals surface area contributed by atoms with Crippen LogP contribution in [0.2, 0.25) is 0 Å². The van der Waals surface area contributed by atoms with E-state index in [0.29, 0.717) is 19.8 Å². The van der Waals surface area contributed by atoms with Crippen molar-refractivity contribution in [3.05, 3.63) is 71.8 Å². The second-order valence-corrected chi connectivity index (χ2v) is 7.40. The number of fused-ring (bicyclic) bond motifs is 1. The fourth-order valence-electron chi connectivity index (χ4n) is 3.55. The summed E-state index contributed by atoms with van der Waals surface area (Å²) in [6.45, 7) is 5.18. The summed E-state index contributed by atoms with van der Waals surface area (Å²) in [5, 5.41) is 0. The largest absolute Gasteiger partial charge is 0.365 e. The molecule has 2 aromatic carbocycles. The van der Waals surface area contributed by atoms with Crippen LogP contribution >= 0.6 is 0 Å². The summed E-state index contributed by atoms with van der Waals surface area (Å²) in [6, 6.07) is 20.1. The van der Waals surface area contributed by atoms with Crippen molar-refractivity contribution in [1.82, 2.24) is 0 Å². The minimum absolute atomic E-state index is 0.155. The standard InChI is InChI=1S/C22H26O5/c1-22(2)26-18-15-25-21(24-14-17-11-7-4-8-12-17)20(19(18)27-22)23-13-16-9-5-3-6-10-16/h3-12,18-21H,13-15H2,1-2H3/t18-,19-,20-,21+/m1/s1. The summed E-state index contributed by atoms with van der Waals surface area (Å²) in [5.74, 6) is -0.651. The Hall–Kier alpha value is -1.76. The van der Waals surface area contributed by atoms with Crippen LogP contribution in [0.5, 0.6) is 0 Å². The van der Waals surface area contributed by atoms with Gasteiger partial charge in [0.15, 0.2) is 12.1 Å². The smallest absolute Gasteiger partial charge is 0.186 e. The molecule has 2 fully saturated rings. The summed E-state index contributed by atoms with van der Waals surface area (Å²) in [4.78, 5) is 0. The van der Waals surface area contributed by atoms with Crippen molar-refractivity contribution in [2.75, 3.05) is 6.61 Å². The van der Waals surface area contributed by atoms with E-state index in [1.165, 1.54) is 0 Å². The lowest BCUT2D eigenvalue weighted by Crippen LogP contribution is -2.53. The van der Waals surface area contributed by atoms with Gasteiger partial charge in [-0.25, -0.2) is 0 Å². The second kappa shape index (κ2) is 8.09. The average Bonchev–Trinajstić information content (AvgIpc) is 3.00. The molecule has 0 amide bonds. The Bertz CT molecular complexity index is 718. The van der Waals surface area contributed by atoms with Gasteiger partial charge < -0.3 is 23.7 Å². The maximum absolute atomic E-state index is 6.22. The topological polar surface area (TPSA) is 46.2 Å². The van der Waals surface area contributed by atoms with Gasteiger partial charge >= 0.3 is 0 Å². The third-order valence-corrected chi connectivity index (χ3v) is 4.78.